The van der Waals surface area contributed by atoms with E-state index in [9.17, 15) is 0 Å². The van der Waals surface area contributed by atoms with Gasteiger partial charge in [-0.15, -0.1) is 11.8 Å². The third kappa shape index (κ3) is 5.77. The van der Waals surface area contributed by atoms with Gasteiger partial charge in [0.25, 0.3) is 0 Å². The Kier molecular flexibility index (Phi) is 7.69. The van der Waals surface area contributed by atoms with E-state index in [1.54, 1.807) is 18.9 Å². The van der Waals surface area contributed by atoms with E-state index in [0.29, 0.717) is 6.04 Å². The Morgan fingerprint density at radius 1 is 1.41 bits per heavy atom. The number of nitrogens with one attached hydrogen (secondary N) is 1. The standard InChI is InChI=1S/C13H20ClNOS/c1-3-8-15-11(9-16-2)10-17-13-7-5-4-6-12(13)14/h4-7,11,15H,3,8-10H2,1-2H3. The second kappa shape index (κ2) is 8.81. The van der Waals surface area contributed by atoms with E-state index < -0.39 is 0 Å². The summed E-state index contributed by atoms with van der Waals surface area (Å²) < 4.78 is 5.21. The molecular formula is C13H20ClNOS. The van der Waals surface area contributed by atoms with Crippen LogP contribution >= 0.6 is 23.4 Å². The summed E-state index contributed by atoms with van der Waals surface area (Å²) in [4.78, 5) is 1.13. The van der Waals surface area contributed by atoms with Gasteiger partial charge in [-0.25, -0.2) is 0 Å². The monoisotopic (exact) mass is 273 g/mol. The molecule has 0 fully saturated rings. The van der Waals surface area contributed by atoms with Gasteiger partial charge in [0, 0.05) is 23.8 Å². The minimum absolute atomic E-state index is 0.376. The van der Waals surface area contributed by atoms with Crippen molar-refractivity contribution in [3.8, 4) is 0 Å². The second-order valence-corrected chi connectivity index (χ2v) is 5.32. The molecule has 1 atom stereocenters. The van der Waals surface area contributed by atoms with Gasteiger partial charge in [0.2, 0.25) is 0 Å². The number of hydrogen-bond donors (Lipinski definition) is 1. The molecule has 0 aromatic heterocycles. The van der Waals surface area contributed by atoms with Crippen LogP contribution in [0.25, 0.3) is 0 Å². The largest absolute Gasteiger partial charge is 0.383 e. The number of benzene rings is 1. The molecule has 1 rings (SSSR count). The van der Waals surface area contributed by atoms with E-state index >= 15 is 0 Å². The molecule has 96 valence electrons. The molecule has 0 amide bonds. The molecule has 0 saturated carbocycles. The summed E-state index contributed by atoms with van der Waals surface area (Å²) in [6.45, 7) is 3.92. The predicted octanol–water partition coefficient (Wildman–Crippen LogP) is 3.45. The van der Waals surface area contributed by atoms with Crippen molar-refractivity contribution < 1.29 is 4.74 Å². The Bertz CT molecular complexity index is 322. The van der Waals surface area contributed by atoms with Gasteiger partial charge in [-0.2, -0.15) is 0 Å². The zero-order valence-electron chi connectivity index (χ0n) is 10.4. The van der Waals surface area contributed by atoms with Crippen LogP contribution in [-0.4, -0.2) is 32.1 Å². The molecule has 0 radical (unpaired) electrons. The number of ether oxygens (including phenoxy) is 1. The molecular weight excluding hydrogens is 254 g/mol. The van der Waals surface area contributed by atoms with Gasteiger partial charge in [0.05, 0.1) is 11.6 Å². The Morgan fingerprint density at radius 3 is 2.82 bits per heavy atom. The first-order valence-corrected chi connectivity index (χ1v) is 7.24. The Balaban J connectivity index is 2.42. The first-order chi connectivity index (χ1) is 8.27. The van der Waals surface area contributed by atoms with Gasteiger partial charge in [0.1, 0.15) is 0 Å². The van der Waals surface area contributed by atoms with E-state index in [-0.39, 0.29) is 0 Å². The molecule has 0 heterocycles. The zero-order valence-corrected chi connectivity index (χ0v) is 12.0. The maximum atomic E-state index is 6.12. The summed E-state index contributed by atoms with van der Waals surface area (Å²) in [5, 5.41) is 4.29. The maximum Gasteiger partial charge on any atom is 0.0624 e. The summed E-state index contributed by atoms with van der Waals surface area (Å²) in [6.07, 6.45) is 1.14. The SMILES string of the molecule is CCCNC(COC)CSc1ccccc1Cl. The number of thioether (sulfide) groups is 1. The summed E-state index contributed by atoms with van der Waals surface area (Å²) in [7, 11) is 1.74. The van der Waals surface area contributed by atoms with Crippen LogP contribution in [0.4, 0.5) is 0 Å². The van der Waals surface area contributed by atoms with Crippen LogP contribution < -0.4 is 5.32 Å². The Hall–Kier alpha value is -0.220. The molecule has 0 spiro atoms. The van der Waals surface area contributed by atoms with Gasteiger partial charge < -0.3 is 10.1 Å². The van der Waals surface area contributed by atoms with Gasteiger partial charge in [-0.1, -0.05) is 30.7 Å². The van der Waals surface area contributed by atoms with Crippen molar-refractivity contribution in [3.63, 3.8) is 0 Å². The van der Waals surface area contributed by atoms with Crippen molar-refractivity contribution in [2.45, 2.75) is 24.3 Å². The molecule has 1 unspecified atom stereocenters. The summed E-state index contributed by atoms with van der Waals surface area (Å²) in [6, 6.07) is 8.32. The highest BCUT2D eigenvalue weighted by atomic mass is 35.5. The molecule has 1 N–H and O–H groups in total. The molecule has 1 aromatic rings. The van der Waals surface area contributed by atoms with Gasteiger partial charge >= 0.3 is 0 Å². The molecule has 0 aliphatic rings. The van der Waals surface area contributed by atoms with E-state index in [4.69, 9.17) is 16.3 Å². The number of methoxy groups -OCH3 is 1. The van der Waals surface area contributed by atoms with E-state index in [1.165, 1.54) is 0 Å². The van der Waals surface area contributed by atoms with Crippen LogP contribution in [0.3, 0.4) is 0 Å². The normalized spacial score (nSPS) is 12.6. The third-order valence-corrected chi connectivity index (χ3v) is 4.01. The van der Waals surface area contributed by atoms with Crippen LogP contribution in [0, 0.1) is 0 Å². The molecule has 0 saturated heterocycles. The molecule has 17 heavy (non-hydrogen) atoms. The highest BCUT2D eigenvalue weighted by Gasteiger charge is 2.09. The van der Waals surface area contributed by atoms with Gasteiger partial charge in [-0.05, 0) is 25.1 Å². The minimum atomic E-state index is 0.376. The van der Waals surface area contributed by atoms with Crippen molar-refractivity contribution in [2.75, 3.05) is 26.0 Å². The summed E-state index contributed by atoms with van der Waals surface area (Å²) in [5.74, 6) is 0.970. The van der Waals surface area contributed by atoms with E-state index in [0.717, 1.165) is 35.2 Å². The highest BCUT2D eigenvalue weighted by molar-refractivity contribution is 7.99. The lowest BCUT2D eigenvalue weighted by Gasteiger charge is -2.17. The third-order valence-electron chi connectivity index (χ3n) is 2.33. The lowest BCUT2D eigenvalue weighted by molar-refractivity contribution is 0.174. The van der Waals surface area contributed by atoms with Crippen LogP contribution in [-0.2, 0) is 4.74 Å². The van der Waals surface area contributed by atoms with Crippen molar-refractivity contribution in [1.29, 1.82) is 0 Å². The van der Waals surface area contributed by atoms with Crippen LogP contribution in [0.2, 0.25) is 5.02 Å². The van der Waals surface area contributed by atoms with Crippen LogP contribution in [0.5, 0.6) is 0 Å². The molecule has 0 bridgehead atoms. The van der Waals surface area contributed by atoms with Crippen molar-refractivity contribution in [1.82, 2.24) is 5.32 Å². The zero-order chi connectivity index (χ0) is 12.5. The predicted molar refractivity (Wildman–Crippen MR) is 76.1 cm³/mol. The Morgan fingerprint density at radius 2 is 2.18 bits per heavy atom. The van der Waals surface area contributed by atoms with E-state index in [1.807, 2.05) is 18.2 Å². The minimum Gasteiger partial charge on any atom is -0.383 e. The topological polar surface area (TPSA) is 21.3 Å². The molecule has 0 aliphatic heterocycles. The second-order valence-electron chi connectivity index (χ2n) is 3.85. The molecule has 2 nitrogen and oxygen atoms in total. The van der Waals surface area contributed by atoms with Crippen molar-refractivity contribution in [2.24, 2.45) is 0 Å². The fraction of sp³-hybridized carbons (Fsp3) is 0.538. The molecule has 1 aromatic carbocycles. The first kappa shape index (κ1) is 14.8. The first-order valence-electron chi connectivity index (χ1n) is 5.87. The lowest BCUT2D eigenvalue weighted by atomic mass is 10.3. The summed E-state index contributed by atoms with van der Waals surface area (Å²) in [5.41, 5.74) is 0. The number of halogens is 1. The highest BCUT2D eigenvalue weighted by Crippen LogP contribution is 2.26. The Labute approximate surface area is 113 Å². The molecule has 4 heteroatoms. The van der Waals surface area contributed by atoms with Crippen LogP contribution in [0.15, 0.2) is 29.2 Å². The van der Waals surface area contributed by atoms with E-state index in [2.05, 4.69) is 18.3 Å². The maximum absolute atomic E-state index is 6.12. The summed E-state index contributed by atoms with van der Waals surface area (Å²) >= 11 is 7.89. The average molecular weight is 274 g/mol. The van der Waals surface area contributed by atoms with Crippen molar-refractivity contribution in [3.05, 3.63) is 29.3 Å². The fourth-order valence-electron chi connectivity index (χ4n) is 1.47. The molecule has 0 aliphatic carbocycles. The van der Waals surface area contributed by atoms with Gasteiger partial charge in [0.15, 0.2) is 0 Å². The average Bonchev–Trinajstić information content (AvgIpc) is 2.34. The van der Waals surface area contributed by atoms with Crippen LogP contribution in [0.1, 0.15) is 13.3 Å². The van der Waals surface area contributed by atoms with Crippen molar-refractivity contribution >= 4 is 23.4 Å². The van der Waals surface area contributed by atoms with Gasteiger partial charge in [-0.3, -0.25) is 0 Å². The number of hydrogen-bond acceptors (Lipinski definition) is 3. The fourth-order valence-corrected chi connectivity index (χ4v) is 2.74. The number of rotatable bonds is 8. The lowest BCUT2D eigenvalue weighted by Crippen LogP contribution is -2.35. The smallest absolute Gasteiger partial charge is 0.0624 e. The quantitative estimate of drug-likeness (QED) is 0.733.